The second kappa shape index (κ2) is 5.72. The zero-order valence-electron chi connectivity index (χ0n) is 12.1. The van der Waals surface area contributed by atoms with Crippen molar-refractivity contribution in [3.63, 3.8) is 0 Å². The smallest absolute Gasteiger partial charge is 0.262 e. The Labute approximate surface area is 129 Å². The third kappa shape index (κ3) is 2.77. The number of rotatable bonds is 4. The van der Waals surface area contributed by atoms with Gasteiger partial charge in [0.15, 0.2) is 0 Å². The van der Waals surface area contributed by atoms with Crippen molar-refractivity contribution in [2.75, 3.05) is 5.32 Å². The first-order chi connectivity index (χ1) is 10.6. The molecule has 7 nitrogen and oxygen atoms in total. The molecule has 3 aromatic heterocycles. The lowest BCUT2D eigenvalue weighted by Gasteiger charge is -2.04. The Morgan fingerprint density at radius 1 is 1.45 bits per heavy atom. The van der Waals surface area contributed by atoms with E-state index in [1.165, 1.54) is 22.2 Å². The summed E-state index contributed by atoms with van der Waals surface area (Å²) in [6, 6.07) is 3.44. The van der Waals surface area contributed by atoms with E-state index in [0.29, 0.717) is 15.9 Å². The topological polar surface area (TPSA) is 90.0 Å². The van der Waals surface area contributed by atoms with Gasteiger partial charge in [0.05, 0.1) is 17.4 Å². The van der Waals surface area contributed by atoms with Crippen LogP contribution in [0.1, 0.15) is 17.5 Å². The first kappa shape index (κ1) is 14.5. The van der Waals surface area contributed by atoms with E-state index in [-0.39, 0.29) is 23.9 Å². The molecule has 22 heavy (non-hydrogen) atoms. The van der Waals surface area contributed by atoms with Crippen molar-refractivity contribution in [2.24, 2.45) is 0 Å². The van der Waals surface area contributed by atoms with Gasteiger partial charge in [0.2, 0.25) is 11.8 Å². The van der Waals surface area contributed by atoms with E-state index in [2.05, 4.69) is 15.5 Å². The van der Waals surface area contributed by atoms with Crippen LogP contribution in [0.25, 0.3) is 10.2 Å². The molecule has 0 aliphatic carbocycles. The Morgan fingerprint density at radius 3 is 2.95 bits per heavy atom. The zero-order valence-corrected chi connectivity index (χ0v) is 12.9. The van der Waals surface area contributed by atoms with Gasteiger partial charge in [0.25, 0.3) is 5.56 Å². The second-order valence-corrected chi connectivity index (χ2v) is 5.96. The normalized spacial score (nSPS) is 11.0. The molecular weight excluding hydrogens is 304 g/mol. The molecule has 3 heterocycles. The van der Waals surface area contributed by atoms with Crippen LogP contribution in [-0.2, 0) is 17.8 Å². The molecule has 1 N–H and O–H groups in total. The number of nitrogens with zero attached hydrogens (tertiary/aromatic N) is 3. The third-order valence-electron chi connectivity index (χ3n) is 3.12. The summed E-state index contributed by atoms with van der Waals surface area (Å²) in [6.45, 7) is 3.65. The van der Waals surface area contributed by atoms with Gasteiger partial charge in [-0.05, 0) is 19.4 Å². The van der Waals surface area contributed by atoms with E-state index in [1.807, 2.05) is 13.0 Å². The molecule has 0 aromatic carbocycles. The van der Waals surface area contributed by atoms with E-state index in [9.17, 15) is 9.59 Å². The Kier molecular flexibility index (Phi) is 3.76. The number of carbonyl (C=O) groups is 1. The fraction of sp³-hybridized carbons (Fsp3) is 0.286. The van der Waals surface area contributed by atoms with Crippen LogP contribution in [0.15, 0.2) is 27.8 Å². The van der Waals surface area contributed by atoms with Crippen LogP contribution in [0.5, 0.6) is 0 Å². The summed E-state index contributed by atoms with van der Waals surface area (Å²) in [5.74, 6) is -0.112. The predicted molar refractivity (Wildman–Crippen MR) is 83.1 cm³/mol. The number of carbonyl (C=O) groups excluding carboxylic acids is 1. The summed E-state index contributed by atoms with van der Waals surface area (Å²) in [5.41, 5.74) is 0.450. The molecule has 0 spiro atoms. The maximum absolute atomic E-state index is 12.4. The predicted octanol–water partition coefficient (Wildman–Crippen LogP) is 1.96. The average Bonchev–Trinajstić information content (AvgIpc) is 3.08. The highest BCUT2D eigenvalue weighted by molar-refractivity contribution is 7.18. The van der Waals surface area contributed by atoms with E-state index in [1.54, 1.807) is 13.0 Å². The molecule has 0 bridgehead atoms. The highest BCUT2D eigenvalue weighted by Crippen LogP contribution is 2.20. The fourth-order valence-corrected chi connectivity index (χ4v) is 2.98. The van der Waals surface area contributed by atoms with Crippen molar-refractivity contribution in [2.45, 2.75) is 26.8 Å². The summed E-state index contributed by atoms with van der Waals surface area (Å²) >= 11 is 1.50. The number of nitrogens with one attached hydrogen (secondary N) is 1. The Hall–Kier alpha value is -2.48. The number of thiophene rings is 1. The average molecular weight is 318 g/mol. The summed E-state index contributed by atoms with van der Waals surface area (Å²) in [6.07, 6.45) is 2.25. The molecule has 0 saturated heterocycles. The number of hydrogen-bond donors (Lipinski definition) is 1. The van der Waals surface area contributed by atoms with Gasteiger partial charge in [-0.1, -0.05) is 12.1 Å². The van der Waals surface area contributed by atoms with Crippen LogP contribution in [0, 0.1) is 6.92 Å². The Bertz CT molecular complexity index is 893. The highest BCUT2D eigenvalue weighted by atomic mass is 32.1. The van der Waals surface area contributed by atoms with Crippen LogP contribution in [0.4, 0.5) is 5.88 Å². The molecule has 3 rings (SSSR count). The lowest BCUT2D eigenvalue weighted by Crippen LogP contribution is -2.27. The second-order valence-electron chi connectivity index (χ2n) is 4.84. The maximum Gasteiger partial charge on any atom is 0.262 e. The van der Waals surface area contributed by atoms with Crippen LogP contribution in [0.3, 0.4) is 0 Å². The lowest BCUT2D eigenvalue weighted by atomic mass is 10.3. The first-order valence-corrected chi connectivity index (χ1v) is 7.59. The van der Waals surface area contributed by atoms with Gasteiger partial charge in [-0.15, -0.1) is 11.3 Å². The largest absolute Gasteiger partial charge is 0.338 e. The minimum atomic E-state index is -0.370. The molecule has 0 aliphatic heterocycles. The molecule has 0 atom stereocenters. The summed E-state index contributed by atoms with van der Waals surface area (Å²) in [7, 11) is 0. The summed E-state index contributed by atoms with van der Waals surface area (Å²) in [4.78, 5) is 30.4. The van der Waals surface area contributed by atoms with Crippen LogP contribution in [0.2, 0.25) is 0 Å². The molecular formula is C14H14N4O3S. The number of hydrogen-bond acceptors (Lipinski definition) is 6. The van der Waals surface area contributed by atoms with Crippen LogP contribution in [-0.4, -0.2) is 20.6 Å². The molecule has 0 radical (unpaired) electrons. The standard InChI is InChI=1S/C14H14N4O3S/c1-3-9-5-10-13(22-9)15-7-18(14(10)20)6-11(19)16-12-4-8(2)17-21-12/h4-5,7H,3,6H2,1-2H3,(H,16,19). The zero-order chi connectivity index (χ0) is 15.7. The van der Waals surface area contributed by atoms with Crippen molar-refractivity contribution in [1.29, 1.82) is 0 Å². The summed E-state index contributed by atoms with van der Waals surface area (Å²) < 4.78 is 6.19. The van der Waals surface area contributed by atoms with Crippen LogP contribution >= 0.6 is 11.3 Å². The third-order valence-corrected chi connectivity index (χ3v) is 4.31. The van der Waals surface area contributed by atoms with Gasteiger partial charge in [-0.2, -0.15) is 0 Å². The van der Waals surface area contributed by atoms with Crippen molar-refractivity contribution in [3.05, 3.63) is 39.4 Å². The first-order valence-electron chi connectivity index (χ1n) is 6.78. The quantitative estimate of drug-likeness (QED) is 0.794. The molecule has 0 unspecified atom stereocenters. The van der Waals surface area contributed by atoms with Gasteiger partial charge in [-0.25, -0.2) is 4.98 Å². The number of aryl methyl sites for hydroxylation is 2. The van der Waals surface area contributed by atoms with Gasteiger partial charge >= 0.3 is 0 Å². The molecule has 3 aromatic rings. The number of fused-ring (bicyclic) bond motifs is 1. The molecule has 114 valence electrons. The van der Waals surface area contributed by atoms with Gasteiger partial charge in [0.1, 0.15) is 11.4 Å². The Morgan fingerprint density at radius 2 is 2.27 bits per heavy atom. The van der Waals surface area contributed by atoms with Gasteiger partial charge in [0, 0.05) is 10.9 Å². The fourth-order valence-electron chi connectivity index (χ4n) is 2.05. The van der Waals surface area contributed by atoms with Gasteiger partial charge < -0.3 is 4.52 Å². The maximum atomic E-state index is 12.4. The van der Waals surface area contributed by atoms with E-state index in [0.717, 1.165) is 11.3 Å². The number of anilines is 1. The van der Waals surface area contributed by atoms with Crippen molar-refractivity contribution >= 4 is 33.3 Å². The lowest BCUT2D eigenvalue weighted by molar-refractivity contribution is -0.116. The van der Waals surface area contributed by atoms with Crippen molar-refractivity contribution < 1.29 is 9.32 Å². The van der Waals surface area contributed by atoms with E-state index >= 15 is 0 Å². The SMILES string of the molecule is CCc1cc2c(=O)n(CC(=O)Nc3cc(C)no3)cnc2s1. The molecule has 0 aliphatic rings. The molecule has 8 heteroatoms. The minimum absolute atomic E-state index is 0.126. The highest BCUT2D eigenvalue weighted by Gasteiger charge is 2.12. The van der Waals surface area contributed by atoms with E-state index in [4.69, 9.17) is 4.52 Å². The summed E-state index contributed by atoms with van der Waals surface area (Å²) in [5, 5.41) is 6.78. The van der Waals surface area contributed by atoms with Crippen LogP contribution < -0.4 is 10.9 Å². The molecule has 1 amide bonds. The Balaban J connectivity index is 1.82. The monoisotopic (exact) mass is 318 g/mol. The minimum Gasteiger partial charge on any atom is -0.338 e. The van der Waals surface area contributed by atoms with Crippen molar-refractivity contribution in [1.82, 2.24) is 14.7 Å². The van der Waals surface area contributed by atoms with Crippen molar-refractivity contribution in [3.8, 4) is 0 Å². The number of amides is 1. The van der Waals surface area contributed by atoms with E-state index < -0.39 is 0 Å². The molecule has 0 fully saturated rings. The number of aromatic nitrogens is 3. The van der Waals surface area contributed by atoms with Gasteiger partial charge in [-0.3, -0.25) is 19.5 Å². The molecule has 0 saturated carbocycles.